The second kappa shape index (κ2) is 10.00. The number of anilines is 2. The lowest BCUT2D eigenvalue weighted by Gasteiger charge is -2.13. The van der Waals surface area contributed by atoms with Crippen LogP contribution in [0.3, 0.4) is 0 Å². The van der Waals surface area contributed by atoms with E-state index < -0.39 is 46.7 Å². The van der Waals surface area contributed by atoms with Crippen LogP contribution in [0.5, 0.6) is 0 Å². The van der Waals surface area contributed by atoms with E-state index >= 15 is 0 Å². The van der Waals surface area contributed by atoms with Gasteiger partial charge in [0.05, 0.1) is 11.1 Å². The van der Waals surface area contributed by atoms with Crippen molar-refractivity contribution in [1.82, 2.24) is 0 Å². The van der Waals surface area contributed by atoms with Gasteiger partial charge in [-0.3, -0.25) is 9.59 Å². The number of hydrogen-bond acceptors (Lipinski definition) is 2. The Morgan fingerprint density at radius 2 is 1.11 bits per heavy atom. The number of nitrogens with one attached hydrogen (secondary N) is 2. The van der Waals surface area contributed by atoms with Gasteiger partial charge in [-0.2, -0.15) is 26.3 Å². The van der Waals surface area contributed by atoms with Gasteiger partial charge in [0.15, 0.2) is 0 Å². The van der Waals surface area contributed by atoms with E-state index in [1.807, 2.05) is 0 Å². The van der Waals surface area contributed by atoms with Gasteiger partial charge in [0.1, 0.15) is 11.4 Å². The molecule has 182 valence electrons. The number of halogens is 7. The molecule has 0 saturated carbocycles. The molecule has 11 heteroatoms. The quantitative estimate of drug-likeness (QED) is 0.183. The average Bonchev–Trinajstić information content (AvgIpc) is 2.77. The van der Waals surface area contributed by atoms with Crippen molar-refractivity contribution in [3.63, 3.8) is 0 Å². The smallest absolute Gasteiger partial charge is 0.322 e. The summed E-state index contributed by atoms with van der Waals surface area (Å²) in [6.45, 7) is 0. The molecular weight excluding hydrogens is 481 g/mol. The molecule has 0 fully saturated rings. The molecule has 2 amide bonds. The van der Waals surface area contributed by atoms with Crippen LogP contribution in [0.2, 0.25) is 0 Å². The average molecular weight is 496 g/mol. The molecule has 0 aliphatic heterocycles. The number of amides is 2. The van der Waals surface area contributed by atoms with E-state index in [0.29, 0.717) is 12.1 Å². The lowest BCUT2D eigenvalue weighted by atomic mass is 10.1. The van der Waals surface area contributed by atoms with Gasteiger partial charge < -0.3 is 10.6 Å². The zero-order valence-electron chi connectivity index (χ0n) is 17.5. The number of alkyl halides is 6. The van der Waals surface area contributed by atoms with Crippen LogP contribution in [-0.4, -0.2) is 11.8 Å². The molecular formula is C24H15F7N2O2. The molecule has 0 bridgehead atoms. The van der Waals surface area contributed by atoms with E-state index in [9.17, 15) is 40.3 Å². The van der Waals surface area contributed by atoms with Crippen LogP contribution < -0.4 is 10.6 Å². The fourth-order valence-corrected chi connectivity index (χ4v) is 2.93. The molecule has 0 heterocycles. The fraction of sp³-hybridized carbons (Fsp3) is 0.0833. The summed E-state index contributed by atoms with van der Waals surface area (Å²) >= 11 is 0. The molecule has 2 N–H and O–H groups in total. The Labute approximate surface area is 194 Å². The Morgan fingerprint density at radius 3 is 1.54 bits per heavy atom. The van der Waals surface area contributed by atoms with Crippen LogP contribution >= 0.6 is 0 Å². The van der Waals surface area contributed by atoms with Crippen molar-refractivity contribution in [2.75, 3.05) is 10.6 Å². The minimum atomic E-state index is -4.70. The van der Waals surface area contributed by atoms with E-state index in [4.69, 9.17) is 0 Å². The largest absolute Gasteiger partial charge is 0.416 e. The van der Waals surface area contributed by atoms with Gasteiger partial charge in [-0.1, -0.05) is 30.3 Å². The van der Waals surface area contributed by atoms with Crippen LogP contribution in [0, 0.1) is 5.82 Å². The van der Waals surface area contributed by atoms with Crippen molar-refractivity contribution in [2.45, 2.75) is 12.4 Å². The molecule has 3 aromatic carbocycles. The standard InChI is InChI=1S/C24H15F7N2O2/c25-20-10-2-1-5-14(20)11-19(21(34)32-17-8-3-6-15(12-17)23(26,27)28)22(35)33-18-9-4-7-16(13-18)24(29,30)31/h1-13H,(H,32,34)(H,33,35). The third-order valence-electron chi connectivity index (χ3n) is 4.59. The van der Waals surface area contributed by atoms with Crippen molar-refractivity contribution in [3.05, 3.63) is 101 Å². The molecule has 0 spiro atoms. The minimum absolute atomic E-state index is 0.208. The van der Waals surface area contributed by atoms with E-state index in [-0.39, 0.29) is 16.9 Å². The maximum absolute atomic E-state index is 14.1. The summed E-state index contributed by atoms with van der Waals surface area (Å²) < 4.78 is 92.0. The second-order valence-corrected chi connectivity index (χ2v) is 7.14. The maximum Gasteiger partial charge on any atom is 0.416 e. The second-order valence-electron chi connectivity index (χ2n) is 7.14. The first kappa shape index (κ1) is 25.5. The number of carbonyl (C=O) groups excluding carboxylic acids is 2. The number of carbonyl (C=O) groups is 2. The molecule has 35 heavy (non-hydrogen) atoms. The van der Waals surface area contributed by atoms with Crippen molar-refractivity contribution in [2.24, 2.45) is 0 Å². The summed E-state index contributed by atoms with van der Waals surface area (Å²) in [4.78, 5) is 25.6. The number of benzene rings is 3. The molecule has 0 saturated heterocycles. The lowest BCUT2D eigenvalue weighted by molar-refractivity contribution is -0.138. The summed E-state index contributed by atoms with van der Waals surface area (Å²) in [5.74, 6) is -3.24. The van der Waals surface area contributed by atoms with Gasteiger partial charge in [0.25, 0.3) is 11.8 Å². The van der Waals surface area contributed by atoms with Crippen molar-refractivity contribution in [1.29, 1.82) is 0 Å². The highest BCUT2D eigenvalue weighted by atomic mass is 19.4. The Kier molecular flexibility index (Phi) is 7.28. The Morgan fingerprint density at radius 1 is 0.657 bits per heavy atom. The molecule has 0 radical (unpaired) electrons. The Balaban J connectivity index is 1.95. The van der Waals surface area contributed by atoms with Crippen LogP contribution in [0.25, 0.3) is 6.08 Å². The lowest BCUT2D eigenvalue weighted by Crippen LogP contribution is -2.25. The van der Waals surface area contributed by atoms with Crippen molar-refractivity contribution in [3.8, 4) is 0 Å². The summed E-state index contributed by atoms with van der Waals surface area (Å²) in [6, 6.07) is 12.1. The molecule has 3 aromatic rings. The minimum Gasteiger partial charge on any atom is -0.322 e. The monoisotopic (exact) mass is 496 g/mol. The van der Waals surface area contributed by atoms with Gasteiger partial charge >= 0.3 is 12.4 Å². The molecule has 3 rings (SSSR count). The summed E-state index contributed by atoms with van der Waals surface area (Å²) in [5.41, 5.74) is -3.72. The number of hydrogen-bond donors (Lipinski definition) is 2. The first-order valence-corrected chi connectivity index (χ1v) is 9.78. The maximum atomic E-state index is 14.1. The van der Waals surface area contributed by atoms with Gasteiger partial charge in [0, 0.05) is 16.9 Å². The fourth-order valence-electron chi connectivity index (χ4n) is 2.93. The summed E-state index contributed by atoms with van der Waals surface area (Å²) in [7, 11) is 0. The SMILES string of the molecule is O=C(Nc1cccc(C(F)(F)F)c1)C(=Cc1ccccc1F)C(=O)Nc1cccc(C(F)(F)F)c1. The van der Waals surface area contributed by atoms with E-state index in [2.05, 4.69) is 10.6 Å². The molecule has 0 unspecified atom stereocenters. The van der Waals surface area contributed by atoms with E-state index in [0.717, 1.165) is 48.5 Å². The highest BCUT2D eigenvalue weighted by Gasteiger charge is 2.32. The van der Waals surface area contributed by atoms with Crippen LogP contribution in [0.1, 0.15) is 16.7 Å². The van der Waals surface area contributed by atoms with Crippen LogP contribution in [0.15, 0.2) is 78.4 Å². The Hall–Kier alpha value is -4.15. The Bertz CT molecular complexity index is 1210. The van der Waals surface area contributed by atoms with Crippen LogP contribution in [0.4, 0.5) is 42.1 Å². The molecule has 0 atom stereocenters. The zero-order valence-corrected chi connectivity index (χ0v) is 17.5. The molecule has 0 aliphatic rings. The van der Waals surface area contributed by atoms with E-state index in [1.54, 1.807) is 0 Å². The highest BCUT2D eigenvalue weighted by Crippen LogP contribution is 2.32. The van der Waals surface area contributed by atoms with Gasteiger partial charge in [-0.15, -0.1) is 0 Å². The predicted molar refractivity (Wildman–Crippen MR) is 115 cm³/mol. The summed E-state index contributed by atoms with van der Waals surface area (Å²) in [5, 5.41) is 4.25. The van der Waals surface area contributed by atoms with Gasteiger partial charge in [0.2, 0.25) is 0 Å². The molecule has 4 nitrogen and oxygen atoms in total. The third-order valence-corrected chi connectivity index (χ3v) is 4.59. The summed E-state index contributed by atoms with van der Waals surface area (Å²) in [6.07, 6.45) is -8.57. The normalized spacial score (nSPS) is 11.5. The first-order chi connectivity index (χ1) is 16.3. The molecule has 0 aromatic heterocycles. The third kappa shape index (κ3) is 6.69. The van der Waals surface area contributed by atoms with E-state index in [1.165, 1.54) is 18.2 Å². The first-order valence-electron chi connectivity index (χ1n) is 9.78. The van der Waals surface area contributed by atoms with Crippen molar-refractivity contribution < 1.29 is 40.3 Å². The van der Waals surface area contributed by atoms with Crippen molar-refractivity contribution >= 4 is 29.3 Å². The number of rotatable bonds is 5. The topological polar surface area (TPSA) is 58.2 Å². The van der Waals surface area contributed by atoms with Gasteiger partial charge in [-0.25, -0.2) is 4.39 Å². The molecule has 0 aliphatic carbocycles. The van der Waals surface area contributed by atoms with Crippen LogP contribution in [-0.2, 0) is 21.9 Å². The zero-order chi connectivity index (χ0) is 25.8. The predicted octanol–water partition coefficient (Wildman–Crippen LogP) is 6.52. The highest BCUT2D eigenvalue weighted by molar-refractivity contribution is 6.28. The van der Waals surface area contributed by atoms with Gasteiger partial charge in [-0.05, 0) is 48.5 Å².